The lowest BCUT2D eigenvalue weighted by molar-refractivity contribution is -0.184. The number of aliphatic hydroxyl groups is 1. The maximum Gasteiger partial charge on any atom is 0.416 e. The van der Waals surface area contributed by atoms with Crippen molar-refractivity contribution in [1.29, 1.82) is 0 Å². The number of hydrogen-bond acceptors (Lipinski definition) is 4. The Balaban J connectivity index is 1.20. The highest BCUT2D eigenvalue weighted by Crippen LogP contribution is 2.31. The van der Waals surface area contributed by atoms with E-state index in [9.17, 15) is 23.1 Å². The number of hydrogen-bond donors (Lipinski definition) is 1. The normalized spacial score (nSPS) is 18.8. The monoisotopic (exact) mass is 449 g/mol. The van der Waals surface area contributed by atoms with Crippen LogP contribution in [-0.4, -0.2) is 48.8 Å². The van der Waals surface area contributed by atoms with Crippen molar-refractivity contribution in [1.82, 2.24) is 4.90 Å². The van der Waals surface area contributed by atoms with E-state index in [1.165, 1.54) is 12.1 Å². The topological polar surface area (TPSA) is 59.0 Å². The minimum atomic E-state index is -4.35. The van der Waals surface area contributed by atoms with Crippen LogP contribution in [0.3, 0.4) is 0 Å². The van der Waals surface area contributed by atoms with Gasteiger partial charge in [-0.05, 0) is 67.1 Å². The predicted molar refractivity (Wildman–Crippen MR) is 111 cm³/mol. The van der Waals surface area contributed by atoms with Gasteiger partial charge in [0.15, 0.2) is 0 Å². The Kier molecular flexibility index (Phi) is 6.44. The average Bonchev–Trinajstić information content (AvgIpc) is 2.77. The maximum absolute atomic E-state index is 12.8. The van der Waals surface area contributed by atoms with Gasteiger partial charge in [-0.3, -0.25) is 4.79 Å². The Hall–Kier alpha value is -2.58. The molecule has 0 unspecified atom stereocenters. The molecule has 32 heavy (non-hydrogen) atoms. The zero-order valence-electron chi connectivity index (χ0n) is 17.6. The fraction of sp³-hybridized carbons (Fsp3) is 0.458. The number of halogens is 3. The summed E-state index contributed by atoms with van der Waals surface area (Å²) in [5.41, 5.74) is -0.277. The van der Waals surface area contributed by atoms with Crippen molar-refractivity contribution in [2.24, 2.45) is 5.92 Å². The minimum absolute atomic E-state index is 0.0205. The van der Waals surface area contributed by atoms with E-state index < -0.39 is 17.3 Å². The molecule has 0 radical (unpaired) electrons. The molecule has 2 heterocycles. The van der Waals surface area contributed by atoms with Crippen LogP contribution in [0, 0.1) is 5.92 Å². The third-order valence-corrected chi connectivity index (χ3v) is 6.23. The fourth-order valence-electron chi connectivity index (χ4n) is 4.08. The number of nitrogens with zero attached hydrogens (tertiary/aromatic N) is 1. The van der Waals surface area contributed by atoms with Crippen molar-refractivity contribution in [2.45, 2.75) is 31.0 Å². The van der Waals surface area contributed by atoms with Gasteiger partial charge in [0.2, 0.25) is 0 Å². The number of carbonyl (C=O) groups is 1. The summed E-state index contributed by atoms with van der Waals surface area (Å²) in [4.78, 5) is 14.6. The molecule has 0 aliphatic carbocycles. The van der Waals surface area contributed by atoms with E-state index in [4.69, 9.17) is 9.47 Å². The van der Waals surface area contributed by atoms with E-state index in [1.54, 1.807) is 24.3 Å². The molecule has 2 aliphatic rings. The highest BCUT2D eigenvalue weighted by Gasteiger charge is 2.38. The maximum atomic E-state index is 12.8. The van der Waals surface area contributed by atoms with Crippen molar-refractivity contribution in [3.8, 4) is 5.75 Å². The first-order chi connectivity index (χ1) is 15.2. The van der Waals surface area contributed by atoms with Crippen LogP contribution in [-0.2, 0) is 16.5 Å². The van der Waals surface area contributed by atoms with Crippen LogP contribution in [0.4, 0.5) is 13.2 Å². The number of ether oxygens (including phenoxy) is 2. The number of alkyl halides is 3. The van der Waals surface area contributed by atoms with Crippen LogP contribution in [0.2, 0.25) is 0 Å². The SMILES string of the molecule is O=C(c1ccc(C2(O)COC2)cc1)N1CCC(CCOc2ccc(C(F)(F)F)cc2)CC1. The second-order valence-electron chi connectivity index (χ2n) is 8.50. The summed E-state index contributed by atoms with van der Waals surface area (Å²) in [6.45, 7) is 2.29. The quantitative estimate of drug-likeness (QED) is 0.717. The van der Waals surface area contributed by atoms with Gasteiger partial charge in [-0.15, -0.1) is 0 Å². The predicted octanol–water partition coefficient (Wildman–Crippen LogP) is 4.24. The van der Waals surface area contributed by atoms with Gasteiger partial charge in [0.25, 0.3) is 5.91 Å². The summed E-state index contributed by atoms with van der Waals surface area (Å²) in [7, 11) is 0. The molecule has 2 aromatic rings. The van der Waals surface area contributed by atoms with Crippen LogP contribution in [0.5, 0.6) is 5.75 Å². The van der Waals surface area contributed by atoms with Crippen LogP contribution < -0.4 is 4.74 Å². The van der Waals surface area contributed by atoms with Gasteiger partial charge in [0, 0.05) is 18.7 Å². The molecule has 0 saturated carbocycles. The lowest BCUT2D eigenvalue weighted by Gasteiger charge is -2.37. The molecule has 2 aliphatic heterocycles. The fourth-order valence-corrected chi connectivity index (χ4v) is 4.08. The molecule has 0 spiro atoms. The van der Waals surface area contributed by atoms with E-state index in [-0.39, 0.29) is 19.1 Å². The van der Waals surface area contributed by atoms with Gasteiger partial charge in [0.1, 0.15) is 11.4 Å². The van der Waals surface area contributed by atoms with Gasteiger partial charge >= 0.3 is 6.18 Å². The summed E-state index contributed by atoms with van der Waals surface area (Å²) in [6.07, 6.45) is -1.84. The van der Waals surface area contributed by atoms with E-state index in [1.807, 2.05) is 4.90 Å². The highest BCUT2D eigenvalue weighted by molar-refractivity contribution is 5.94. The van der Waals surface area contributed by atoms with Gasteiger partial charge in [-0.2, -0.15) is 13.2 Å². The summed E-state index contributed by atoms with van der Waals surface area (Å²) in [5.74, 6) is 0.809. The number of amides is 1. The number of benzene rings is 2. The Morgan fingerprint density at radius 1 is 1.06 bits per heavy atom. The van der Waals surface area contributed by atoms with Crippen molar-refractivity contribution in [3.63, 3.8) is 0 Å². The zero-order valence-corrected chi connectivity index (χ0v) is 17.6. The van der Waals surface area contributed by atoms with Gasteiger partial charge < -0.3 is 19.5 Å². The van der Waals surface area contributed by atoms with E-state index >= 15 is 0 Å². The Morgan fingerprint density at radius 3 is 2.22 bits per heavy atom. The van der Waals surface area contributed by atoms with Crippen molar-refractivity contribution >= 4 is 5.91 Å². The Morgan fingerprint density at radius 2 is 1.69 bits per heavy atom. The second kappa shape index (κ2) is 9.11. The molecular formula is C24H26F3NO4. The van der Waals surface area contributed by atoms with Crippen LogP contribution in [0.25, 0.3) is 0 Å². The average molecular weight is 449 g/mol. The lowest BCUT2D eigenvalue weighted by atomic mass is 9.91. The van der Waals surface area contributed by atoms with Crippen LogP contribution in [0.1, 0.15) is 40.7 Å². The van der Waals surface area contributed by atoms with E-state index in [0.29, 0.717) is 36.9 Å². The molecule has 1 amide bonds. The molecule has 2 aromatic carbocycles. The lowest BCUT2D eigenvalue weighted by Crippen LogP contribution is -2.46. The first kappa shape index (κ1) is 22.6. The van der Waals surface area contributed by atoms with E-state index in [0.717, 1.165) is 37.0 Å². The third-order valence-electron chi connectivity index (χ3n) is 6.23. The molecular weight excluding hydrogens is 423 g/mol. The largest absolute Gasteiger partial charge is 0.494 e. The highest BCUT2D eigenvalue weighted by atomic mass is 19.4. The van der Waals surface area contributed by atoms with Crippen LogP contribution >= 0.6 is 0 Å². The number of piperidine rings is 1. The molecule has 2 fully saturated rings. The molecule has 4 rings (SSSR count). The molecule has 0 aromatic heterocycles. The second-order valence-corrected chi connectivity index (χ2v) is 8.50. The Labute approximate surface area is 184 Å². The van der Waals surface area contributed by atoms with Crippen LogP contribution in [0.15, 0.2) is 48.5 Å². The van der Waals surface area contributed by atoms with Crippen molar-refractivity contribution < 1.29 is 32.5 Å². The molecule has 0 bridgehead atoms. The molecule has 5 nitrogen and oxygen atoms in total. The molecule has 172 valence electrons. The Bertz CT molecular complexity index is 916. The molecule has 1 N–H and O–H groups in total. The molecule has 2 saturated heterocycles. The van der Waals surface area contributed by atoms with Crippen molar-refractivity contribution in [2.75, 3.05) is 32.9 Å². The smallest absolute Gasteiger partial charge is 0.416 e. The first-order valence-electron chi connectivity index (χ1n) is 10.7. The number of carbonyl (C=O) groups excluding carboxylic acids is 1. The standard InChI is InChI=1S/C24H26F3NO4/c25-24(26,27)20-5-7-21(8-6-20)32-14-11-17-9-12-28(13-10-17)22(29)18-1-3-19(4-2-18)23(30)15-31-16-23/h1-8,17,30H,9-16H2. The van der Waals surface area contributed by atoms with Gasteiger partial charge in [-0.25, -0.2) is 0 Å². The zero-order chi connectivity index (χ0) is 22.8. The number of likely N-dealkylation sites (tertiary alicyclic amines) is 1. The minimum Gasteiger partial charge on any atom is -0.494 e. The summed E-state index contributed by atoms with van der Waals surface area (Å²) < 4.78 is 48.5. The summed E-state index contributed by atoms with van der Waals surface area (Å²) >= 11 is 0. The van der Waals surface area contributed by atoms with E-state index in [2.05, 4.69) is 0 Å². The van der Waals surface area contributed by atoms with Gasteiger partial charge in [0.05, 0.1) is 25.4 Å². The number of rotatable bonds is 6. The first-order valence-corrected chi connectivity index (χ1v) is 10.7. The van der Waals surface area contributed by atoms with Crippen molar-refractivity contribution in [3.05, 3.63) is 65.2 Å². The summed E-state index contributed by atoms with van der Waals surface area (Å²) in [5, 5.41) is 10.3. The third kappa shape index (κ3) is 5.07. The van der Waals surface area contributed by atoms with Gasteiger partial charge in [-0.1, -0.05) is 12.1 Å². The molecule has 8 heteroatoms. The summed E-state index contributed by atoms with van der Waals surface area (Å²) in [6, 6.07) is 11.8. The molecule has 0 atom stereocenters.